The van der Waals surface area contributed by atoms with Gasteiger partial charge in [0, 0.05) is 26.1 Å². The van der Waals surface area contributed by atoms with E-state index >= 15 is 0 Å². The number of nitrogens with zero attached hydrogens (tertiary/aromatic N) is 2. The van der Waals surface area contributed by atoms with Crippen molar-refractivity contribution in [3.05, 3.63) is 65.0 Å². The van der Waals surface area contributed by atoms with E-state index < -0.39 is 16.1 Å². The number of nitrogens with one attached hydrogen (secondary N) is 1. The topological polar surface area (TPSA) is 86.8 Å². The normalized spacial score (nSPS) is 12.3. The molecule has 7 nitrogen and oxygen atoms in total. The van der Waals surface area contributed by atoms with Crippen LogP contribution in [0.5, 0.6) is 0 Å². The fourth-order valence-corrected chi connectivity index (χ4v) is 5.18. The van der Waals surface area contributed by atoms with Crippen LogP contribution < -0.4 is 9.62 Å². The molecule has 1 atom stereocenters. The van der Waals surface area contributed by atoms with Gasteiger partial charge in [-0.1, -0.05) is 39.0 Å². The highest BCUT2D eigenvalue weighted by Gasteiger charge is 2.29. The zero-order valence-electron chi connectivity index (χ0n) is 22.8. The number of anilines is 1. The molecule has 0 aliphatic rings. The van der Waals surface area contributed by atoms with Crippen molar-refractivity contribution >= 4 is 27.5 Å². The number of amides is 2. The number of hydrogen-bond acceptors (Lipinski definition) is 4. The van der Waals surface area contributed by atoms with Gasteiger partial charge in [0.05, 0.1) is 11.9 Å². The molecular formula is C28H40FN3O4S. The van der Waals surface area contributed by atoms with Gasteiger partial charge in [0.25, 0.3) is 0 Å². The molecule has 0 unspecified atom stereocenters. The number of sulfonamides is 1. The number of carbonyl (C=O) groups excluding carboxylic acids is 2. The Morgan fingerprint density at radius 1 is 1.03 bits per heavy atom. The molecule has 2 aromatic carbocycles. The van der Waals surface area contributed by atoms with Crippen LogP contribution in [-0.2, 0) is 26.2 Å². The Kier molecular flexibility index (Phi) is 11.1. The summed E-state index contributed by atoms with van der Waals surface area (Å²) in [6, 6.07) is 10.7. The summed E-state index contributed by atoms with van der Waals surface area (Å²) in [5.74, 6) is -0.616. The second kappa shape index (κ2) is 13.6. The SMILES string of the molecule is CC[C@@H](C(=O)NCC(C)C)N(Cc1ccc(F)cc1)C(=O)CCCN(c1cc(C)cc(C)c1)S(C)(=O)=O. The first-order chi connectivity index (χ1) is 17.3. The van der Waals surface area contributed by atoms with E-state index in [4.69, 9.17) is 0 Å². The van der Waals surface area contributed by atoms with E-state index in [1.807, 2.05) is 52.8 Å². The highest BCUT2D eigenvalue weighted by Crippen LogP contribution is 2.22. The number of halogens is 1. The van der Waals surface area contributed by atoms with Gasteiger partial charge in [0.2, 0.25) is 21.8 Å². The molecule has 0 heterocycles. The average Bonchev–Trinajstić information content (AvgIpc) is 2.79. The Bertz CT molecular complexity index is 1150. The number of rotatable bonds is 13. The maximum atomic E-state index is 13.4. The standard InChI is InChI=1S/C28H40FN3O4S/c1-7-26(28(34)30-18-20(2)3)31(19-23-10-12-24(29)13-11-23)27(33)9-8-14-32(37(6,35)36)25-16-21(4)15-22(5)17-25/h10-13,15-17,20,26H,7-9,14,18-19H2,1-6H3,(H,30,34)/t26-/m0/s1. The Morgan fingerprint density at radius 3 is 2.14 bits per heavy atom. The van der Waals surface area contributed by atoms with Crippen molar-refractivity contribution < 1.29 is 22.4 Å². The molecule has 9 heteroatoms. The van der Waals surface area contributed by atoms with Gasteiger partial charge in [-0.2, -0.15) is 0 Å². The molecular weight excluding hydrogens is 493 g/mol. The van der Waals surface area contributed by atoms with Crippen LogP contribution in [0.3, 0.4) is 0 Å². The molecule has 2 aromatic rings. The van der Waals surface area contributed by atoms with Crippen molar-refractivity contribution in [1.29, 1.82) is 0 Å². The maximum Gasteiger partial charge on any atom is 0.242 e. The van der Waals surface area contributed by atoms with Crippen molar-refractivity contribution in [1.82, 2.24) is 10.2 Å². The van der Waals surface area contributed by atoms with Crippen molar-refractivity contribution in [2.24, 2.45) is 5.92 Å². The summed E-state index contributed by atoms with van der Waals surface area (Å²) >= 11 is 0. The number of carbonyl (C=O) groups is 2. The minimum absolute atomic E-state index is 0.0615. The Balaban J connectivity index is 2.22. The van der Waals surface area contributed by atoms with Crippen LogP contribution in [-0.4, -0.2) is 50.5 Å². The zero-order chi connectivity index (χ0) is 27.8. The second-order valence-electron chi connectivity index (χ2n) is 10.00. The molecule has 37 heavy (non-hydrogen) atoms. The first kappa shape index (κ1) is 30.3. The van der Waals surface area contributed by atoms with Gasteiger partial charge < -0.3 is 10.2 Å². The van der Waals surface area contributed by atoms with Gasteiger partial charge >= 0.3 is 0 Å². The predicted molar refractivity (Wildman–Crippen MR) is 146 cm³/mol. The quantitative estimate of drug-likeness (QED) is 0.409. The summed E-state index contributed by atoms with van der Waals surface area (Å²) in [5.41, 5.74) is 3.17. The van der Waals surface area contributed by atoms with Crippen LogP contribution in [0.2, 0.25) is 0 Å². The lowest BCUT2D eigenvalue weighted by atomic mass is 10.1. The first-order valence-corrected chi connectivity index (χ1v) is 14.5. The Morgan fingerprint density at radius 2 is 1.62 bits per heavy atom. The van der Waals surface area contributed by atoms with E-state index in [9.17, 15) is 22.4 Å². The highest BCUT2D eigenvalue weighted by atomic mass is 32.2. The average molecular weight is 534 g/mol. The van der Waals surface area contributed by atoms with Crippen molar-refractivity contribution in [2.45, 2.75) is 66.5 Å². The molecule has 2 amide bonds. The molecule has 204 valence electrons. The van der Waals surface area contributed by atoms with Crippen LogP contribution in [0.15, 0.2) is 42.5 Å². The zero-order valence-corrected chi connectivity index (χ0v) is 23.6. The molecule has 0 aromatic heterocycles. The lowest BCUT2D eigenvalue weighted by Gasteiger charge is -2.31. The third kappa shape index (κ3) is 9.46. The summed E-state index contributed by atoms with van der Waals surface area (Å²) in [6.45, 7) is 10.4. The van der Waals surface area contributed by atoms with Crippen LogP contribution in [0.25, 0.3) is 0 Å². The Hall–Kier alpha value is -2.94. The highest BCUT2D eigenvalue weighted by molar-refractivity contribution is 7.92. The van der Waals surface area contributed by atoms with Crippen molar-refractivity contribution in [3.63, 3.8) is 0 Å². The van der Waals surface area contributed by atoms with Crippen LogP contribution in [0, 0.1) is 25.6 Å². The summed E-state index contributed by atoms with van der Waals surface area (Å²) in [4.78, 5) is 27.9. The monoisotopic (exact) mass is 533 g/mol. The summed E-state index contributed by atoms with van der Waals surface area (Å²) in [5, 5.41) is 2.91. The first-order valence-electron chi connectivity index (χ1n) is 12.7. The molecule has 0 aliphatic heterocycles. The van der Waals surface area contributed by atoms with E-state index in [1.54, 1.807) is 12.1 Å². The van der Waals surface area contributed by atoms with Gasteiger partial charge in [-0.3, -0.25) is 13.9 Å². The van der Waals surface area contributed by atoms with E-state index in [2.05, 4.69) is 5.32 Å². The Labute approximate surface area is 221 Å². The molecule has 0 aliphatic carbocycles. The number of hydrogen-bond donors (Lipinski definition) is 1. The van der Waals surface area contributed by atoms with Gasteiger partial charge in [0.15, 0.2) is 0 Å². The molecule has 2 rings (SSSR count). The van der Waals surface area contributed by atoms with Gasteiger partial charge in [0.1, 0.15) is 11.9 Å². The smallest absolute Gasteiger partial charge is 0.242 e. The van der Waals surface area contributed by atoms with Gasteiger partial charge in [-0.05, 0) is 73.6 Å². The van der Waals surface area contributed by atoms with E-state index in [-0.39, 0.29) is 49.5 Å². The number of benzene rings is 2. The fraction of sp³-hybridized carbons (Fsp3) is 0.500. The minimum Gasteiger partial charge on any atom is -0.354 e. The molecule has 1 N–H and O–H groups in total. The van der Waals surface area contributed by atoms with Crippen LogP contribution >= 0.6 is 0 Å². The molecule has 0 bridgehead atoms. The summed E-state index contributed by atoms with van der Waals surface area (Å²) in [7, 11) is -3.56. The number of aryl methyl sites for hydroxylation is 2. The third-order valence-electron chi connectivity index (χ3n) is 5.98. The van der Waals surface area contributed by atoms with Gasteiger partial charge in [-0.25, -0.2) is 12.8 Å². The minimum atomic E-state index is -3.56. The fourth-order valence-electron chi connectivity index (χ4n) is 4.23. The lowest BCUT2D eigenvalue weighted by molar-refractivity contribution is -0.141. The molecule has 0 saturated carbocycles. The van der Waals surface area contributed by atoms with E-state index in [0.717, 1.165) is 17.4 Å². The molecule has 0 radical (unpaired) electrons. The van der Waals surface area contributed by atoms with Crippen LogP contribution in [0.4, 0.5) is 10.1 Å². The summed E-state index contributed by atoms with van der Waals surface area (Å²) in [6.07, 6.45) is 1.91. The second-order valence-corrected chi connectivity index (χ2v) is 11.9. The predicted octanol–water partition coefficient (Wildman–Crippen LogP) is 4.57. The largest absolute Gasteiger partial charge is 0.354 e. The van der Waals surface area contributed by atoms with E-state index in [0.29, 0.717) is 24.2 Å². The van der Waals surface area contributed by atoms with E-state index in [1.165, 1.54) is 21.3 Å². The lowest BCUT2D eigenvalue weighted by Crippen LogP contribution is -2.49. The third-order valence-corrected chi connectivity index (χ3v) is 7.18. The molecule has 0 saturated heterocycles. The molecule has 0 fully saturated rings. The molecule has 0 spiro atoms. The summed E-state index contributed by atoms with van der Waals surface area (Å²) < 4.78 is 39.9. The van der Waals surface area contributed by atoms with Crippen LogP contribution in [0.1, 0.15) is 56.7 Å². The van der Waals surface area contributed by atoms with Crippen molar-refractivity contribution in [3.8, 4) is 0 Å². The van der Waals surface area contributed by atoms with Crippen molar-refractivity contribution in [2.75, 3.05) is 23.7 Å². The van der Waals surface area contributed by atoms with Gasteiger partial charge in [-0.15, -0.1) is 0 Å². The maximum absolute atomic E-state index is 13.4.